The van der Waals surface area contributed by atoms with Gasteiger partial charge in [-0.2, -0.15) is 11.3 Å². The number of hydrogen-bond acceptors (Lipinski definition) is 5. The molecule has 7 heteroatoms. The summed E-state index contributed by atoms with van der Waals surface area (Å²) < 4.78 is 5.39. The number of nitrogens with zero attached hydrogens (tertiary/aromatic N) is 1. The van der Waals surface area contributed by atoms with Crippen LogP contribution in [-0.2, 0) is 17.9 Å². The van der Waals surface area contributed by atoms with Crippen molar-refractivity contribution in [3.05, 3.63) is 68.9 Å². The van der Waals surface area contributed by atoms with Crippen LogP contribution in [0, 0.1) is 0 Å². The summed E-state index contributed by atoms with van der Waals surface area (Å²) in [6.45, 7) is 1.50. The second-order valence-electron chi connectivity index (χ2n) is 5.78. The predicted molar refractivity (Wildman–Crippen MR) is 103 cm³/mol. The van der Waals surface area contributed by atoms with E-state index in [4.69, 9.17) is 4.42 Å². The van der Waals surface area contributed by atoms with E-state index >= 15 is 0 Å². The fourth-order valence-corrected chi connectivity index (χ4v) is 3.86. The first-order valence-corrected chi connectivity index (χ1v) is 10.2. The van der Waals surface area contributed by atoms with E-state index < -0.39 is 0 Å². The smallest absolute Gasteiger partial charge is 0.252 e. The van der Waals surface area contributed by atoms with Gasteiger partial charge >= 0.3 is 0 Å². The average molecular weight is 389 g/mol. The minimum atomic E-state index is -0.0928. The molecule has 26 heavy (non-hydrogen) atoms. The van der Waals surface area contributed by atoms with Crippen molar-refractivity contribution in [3.8, 4) is 0 Å². The highest BCUT2D eigenvalue weighted by Crippen LogP contribution is 2.16. The number of nitrogens with one attached hydrogen (secondary N) is 1. The van der Waals surface area contributed by atoms with Crippen molar-refractivity contribution in [2.45, 2.75) is 25.9 Å². The van der Waals surface area contributed by atoms with E-state index in [0.717, 1.165) is 10.6 Å². The first kappa shape index (κ1) is 18.4. The van der Waals surface area contributed by atoms with Crippen LogP contribution >= 0.6 is 22.7 Å². The summed E-state index contributed by atoms with van der Waals surface area (Å²) in [5, 5.41) is 8.54. The molecule has 0 aliphatic carbocycles. The molecule has 0 bridgehead atoms. The Balaban J connectivity index is 1.49. The lowest BCUT2D eigenvalue weighted by atomic mass is 10.2. The lowest BCUT2D eigenvalue weighted by molar-refractivity contribution is -0.132. The molecule has 0 saturated heterocycles. The fraction of sp³-hybridized carbons (Fsp3) is 0.263. The van der Waals surface area contributed by atoms with Crippen LogP contribution < -0.4 is 5.32 Å². The maximum Gasteiger partial charge on any atom is 0.252 e. The van der Waals surface area contributed by atoms with Crippen LogP contribution in [0.5, 0.6) is 0 Å². The number of carbonyl (C=O) groups excluding carboxylic acids is 2. The van der Waals surface area contributed by atoms with Gasteiger partial charge in [-0.1, -0.05) is 6.07 Å². The number of rotatable bonds is 9. The van der Waals surface area contributed by atoms with Crippen molar-refractivity contribution >= 4 is 34.5 Å². The van der Waals surface area contributed by atoms with Gasteiger partial charge in [-0.3, -0.25) is 9.59 Å². The Morgan fingerprint density at radius 1 is 1.12 bits per heavy atom. The second-order valence-corrected chi connectivity index (χ2v) is 7.59. The fourth-order valence-electron chi connectivity index (χ4n) is 2.51. The molecule has 3 aromatic rings. The van der Waals surface area contributed by atoms with Gasteiger partial charge < -0.3 is 14.6 Å². The third-order valence-corrected chi connectivity index (χ3v) is 5.39. The zero-order chi connectivity index (χ0) is 18.2. The van der Waals surface area contributed by atoms with Gasteiger partial charge in [0.2, 0.25) is 5.91 Å². The molecule has 5 nitrogen and oxygen atoms in total. The molecular formula is C19H20N2O3S2. The molecular weight excluding hydrogens is 368 g/mol. The zero-order valence-corrected chi connectivity index (χ0v) is 15.9. The Morgan fingerprint density at radius 2 is 2.04 bits per heavy atom. The summed E-state index contributed by atoms with van der Waals surface area (Å²) in [5.74, 6) is 0.727. The van der Waals surface area contributed by atoms with Crippen LogP contribution in [0.25, 0.3) is 0 Å². The summed E-state index contributed by atoms with van der Waals surface area (Å²) in [6.07, 6.45) is 2.60. The molecule has 0 atom stereocenters. The maximum absolute atomic E-state index is 12.6. The first-order chi connectivity index (χ1) is 12.7. The summed E-state index contributed by atoms with van der Waals surface area (Å²) in [7, 11) is 0. The Morgan fingerprint density at radius 3 is 2.73 bits per heavy atom. The molecule has 3 rings (SSSR count). The molecule has 0 unspecified atom stereocenters. The molecule has 0 saturated carbocycles. The largest absolute Gasteiger partial charge is 0.467 e. The minimum absolute atomic E-state index is 0.0552. The van der Waals surface area contributed by atoms with Crippen LogP contribution in [0.15, 0.2) is 57.2 Å². The third-order valence-electron chi connectivity index (χ3n) is 3.84. The van der Waals surface area contributed by atoms with Gasteiger partial charge in [-0.15, -0.1) is 11.3 Å². The van der Waals surface area contributed by atoms with E-state index in [1.54, 1.807) is 28.6 Å². The highest BCUT2D eigenvalue weighted by Gasteiger charge is 2.16. The number of carbonyl (C=O) groups is 2. The Bertz CT molecular complexity index is 760. The van der Waals surface area contributed by atoms with Gasteiger partial charge in [0.25, 0.3) is 5.91 Å². The van der Waals surface area contributed by atoms with Crippen molar-refractivity contribution in [1.82, 2.24) is 10.2 Å². The van der Waals surface area contributed by atoms with E-state index in [1.807, 2.05) is 40.4 Å². The normalized spacial score (nSPS) is 10.6. The highest BCUT2D eigenvalue weighted by atomic mass is 32.1. The SMILES string of the molecule is O=C(NCCCC(=O)N(Cc1ccco1)Cc1cccs1)c1ccsc1. The molecule has 0 fully saturated rings. The molecule has 136 valence electrons. The van der Waals surface area contributed by atoms with Gasteiger partial charge in [0.1, 0.15) is 5.76 Å². The molecule has 1 N–H and O–H groups in total. The summed E-state index contributed by atoms with van der Waals surface area (Å²) in [6, 6.07) is 9.49. The van der Waals surface area contributed by atoms with Gasteiger partial charge in [0.05, 0.1) is 19.4 Å². The Kier molecular flexibility index (Phi) is 6.62. The standard InChI is InChI=1S/C19H20N2O3S2/c22-18(6-1-8-20-19(23)15-7-11-25-14-15)21(12-16-4-2-9-24-16)13-17-5-3-10-26-17/h2-5,7,9-11,14H,1,6,8,12-13H2,(H,20,23). The van der Waals surface area contributed by atoms with Gasteiger partial charge in [0.15, 0.2) is 0 Å². The number of thiophene rings is 2. The summed E-state index contributed by atoms with van der Waals surface area (Å²) in [4.78, 5) is 27.5. The van der Waals surface area contributed by atoms with E-state index in [-0.39, 0.29) is 11.8 Å². The number of hydrogen-bond donors (Lipinski definition) is 1. The van der Waals surface area contributed by atoms with Crippen molar-refractivity contribution in [3.63, 3.8) is 0 Å². The molecule has 0 radical (unpaired) electrons. The molecule has 2 amide bonds. The molecule has 0 aromatic carbocycles. The van der Waals surface area contributed by atoms with Crippen molar-refractivity contribution in [2.75, 3.05) is 6.54 Å². The summed E-state index contributed by atoms with van der Waals surface area (Å²) in [5.41, 5.74) is 0.665. The van der Waals surface area contributed by atoms with Gasteiger partial charge in [-0.05, 0) is 41.4 Å². The monoisotopic (exact) mass is 388 g/mol. The third kappa shape index (κ3) is 5.31. The van der Waals surface area contributed by atoms with Crippen LogP contribution in [0.1, 0.15) is 33.8 Å². The quantitative estimate of drug-likeness (QED) is 0.560. The molecule has 0 spiro atoms. The minimum Gasteiger partial charge on any atom is -0.467 e. The summed E-state index contributed by atoms with van der Waals surface area (Å²) >= 11 is 3.12. The van der Waals surface area contributed by atoms with Crippen molar-refractivity contribution in [1.29, 1.82) is 0 Å². The molecule has 3 aromatic heterocycles. The molecule has 0 aliphatic heterocycles. The second kappa shape index (κ2) is 9.35. The van der Waals surface area contributed by atoms with E-state index in [2.05, 4.69) is 5.32 Å². The van der Waals surface area contributed by atoms with Crippen molar-refractivity contribution < 1.29 is 14.0 Å². The molecule has 0 aliphatic rings. The van der Waals surface area contributed by atoms with E-state index in [9.17, 15) is 9.59 Å². The number of furan rings is 1. The van der Waals surface area contributed by atoms with Crippen molar-refractivity contribution in [2.24, 2.45) is 0 Å². The van der Waals surface area contributed by atoms with E-state index in [0.29, 0.717) is 38.0 Å². The molecule has 3 heterocycles. The zero-order valence-electron chi connectivity index (χ0n) is 14.2. The Labute approximate surface area is 160 Å². The van der Waals surface area contributed by atoms with Crippen LogP contribution in [-0.4, -0.2) is 23.3 Å². The lowest BCUT2D eigenvalue weighted by Gasteiger charge is -2.21. The first-order valence-electron chi connectivity index (χ1n) is 8.35. The number of amides is 2. The predicted octanol–water partition coefficient (Wildman–Crippen LogP) is 4.14. The van der Waals surface area contributed by atoms with Gasteiger partial charge in [-0.25, -0.2) is 0 Å². The highest BCUT2D eigenvalue weighted by molar-refractivity contribution is 7.09. The van der Waals surface area contributed by atoms with E-state index in [1.165, 1.54) is 11.3 Å². The average Bonchev–Trinajstić information content (AvgIpc) is 3.41. The van der Waals surface area contributed by atoms with Crippen LogP contribution in [0.2, 0.25) is 0 Å². The lowest BCUT2D eigenvalue weighted by Crippen LogP contribution is -2.31. The topological polar surface area (TPSA) is 62.6 Å². The Hall–Kier alpha value is -2.38. The van der Waals surface area contributed by atoms with Crippen LogP contribution in [0.3, 0.4) is 0 Å². The van der Waals surface area contributed by atoms with Crippen LogP contribution in [0.4, 0.5) is 0 Å². The van der Waals surface area contributed by atoms with Gasteiger partial charge in [0, 0.05) is 28.8 Å². The maximum atomic E-state index is 12.6.